The third-order valence-corrected chi connectivity index (χ3v) is 4.37. The molecule has 0 radical (unpaired) electrons. The van der Waals surface area contributed by atoms with Crippen molar-refractivity contribution in [2.45, 2.75) is 51.7 Å². The fourth-order valence-corrected chi connectivity index (χ4v) is 3.27. The lowest BCUT2D eigenvalue weighted by Crippen LogP contribution is -2.35. The number of aryl methyl sites for hydroxylation is 1. The van der Waals surface area contributed by atoms with Gasteiger partial charge in [-0.3, -0.25) is 4.98 Å². The first-order valence-corrected chi connectivity index (χ1v) is 7.64. The van der Waals surface area contributed by atoms with Crippen molar-refractivity contribution in [3.05, 3.63) is 29.6 Å². The summed E-state index contributed by atoms with van der Waals surface area (Å²) in [7, 11) is 0. The highest BCUT2D eigenvalue weighted by Gasteiger charge is 2.43. The van der Waals surface area contributed by atoms with Crippen molar-refractivity contribution < 1.29 is 13.2 Å². The Morgan fingerprint density at radius 1 is 1.33 bits per heavy atom. The number of halogens is 3. The molecular weight excluding hydrogens is 277 g/mol. The zero-order chi connectivity index (χ0) is 15.5. The van der Waals surface area contributed by atoms with Crippen LogP contribution in [0.1, 0.15) is 49.9 Å². The maximum atomic E-state index is 13.0. The molecule has 21 heavy (non-hydrogen) atoms. The molecule has 2 rings (SSSR count). The van der Waals surface area contributed by atoms with Gasteiger partial charge in [-0.1, -0.05) is 19.4 Å². The second-order valence-electron chi connectivity index (χ2n) is 5.93. The molecule has 5 heteroatoms. The number of alkyl halides is 3. The molecule has 1 heterocycles. The molecule has 1 N–H and O–H groups in total. The Kier molecular flexibility index (Phi) is 5.25. The Hall–Kier alpha value is -1.10. The van der Waals surface area contributed by atoms with E-state index < -0.39 is 12.1 Å². The summed E-state index contributed by atoms with van der Waals surface area (Å²) in [5.41, 5.74) is 1.92. The molecular formula is C16H23F3N2. The highest BCUT2D eigenvalue weighted by molar-refractivity contribution is 5.18. The molecule has 1 aliphatic carbocycles. The van der Waals surface area contributed by atoms with Gasteiger partial charge in [-0.15, -0.1) is 0 Å². The van der Waals surface area contributed by atoms with Crippen LogP contribution in [0.3, 0.4) is 0 Å². The van der Waals surface area contributed by atoms with E-state index in [-0.39, 0.29) is 24.8 Å². The van der Waals surface area contributed by atoms with Gasteiger partial charge in [-0.2, -0.15) is 13.2 Å². The smallest absolute Gasteiger partial charge is 0.310 e. The molecule has 0 aliphatic heterocycles. The highest BCUT2D eigenvalue weighted by atomic mass is 19.4. The predicted octanol–water partition coefficient (Wildman–Crippen LogP) is 4.41. The number of hydrogen-bond donors (Lipinski definition) is 1. The monoisotopic (exact) mass is 300 g/mol. The first-order valence-electron chi connectivity index (χ1n) is 7.64. The summed E-state index contributed by atoms with van der Waals surface area (Å²) < 4.78 is 39.0. The summed E-state index contributed by atoms with van der Waals surface area (Å²) in [5.74, 6) is -1.13. The Bertz CT molecular complexity index is 442. The van der Waals surface area contributed by atoms with Crippen LogP contribution in [0.4, 0.5) is 13.2 Å². The van der Waals surface area contributed by atoms with Gasteiger partial charge in [0.2, 0.25) is 0 Å². The SMILES string of the molecule is CCNC(c1ccc(C)nc1)C1CCCC(C(F)(F)F)C1. The van der Waals surface area contributed by atoms with Crippen LogP contribution in [0, 0.1) is 18.8 Å². The van der Waals surface area contributed by atoms with Crippen LogP contribution in [-0.2, 0) is 0 Å². The number of rotatable bonds is 4. The summed E-state index contributed by atoms with van der Waals surface area (Å²) in [4.78, 5) is 4.28. The first-order chi connectivity index (χ1) is 9.91. The molecule has 2 nitrogen and oxygen atoms in total. The van der Waals surface area contributed by atoms with Crippen molar-refractivity contribution in [1.29, 1.82) is 0 Å². The fraction of sp³-hybridized carbons (Fsp3) is 0.688. The molecule has 0 bridgehead atoms. The maximum Gasteiger partial charge on any atom is 0.391 e. The van der Waals surface area contributed by atoms with E-state index in [2.05, 4.69) is 10.3 Å². The molecule has 0 aromatic carbocycles. The van der Waals surface area contributed by atoms with Crippen LogP contribution in [0.25, 0.3) is 0 Å². The molecule has 3 unspecified atom stereocenters. The quantitative estimate of drug-likeness (QED) is 0.891. The van der Waals surface area contributed by atoms with Gasteiger partial charge < -0.3 is 5.32 Å². The highest BCUT2D eigenvalue weighted by Crippen LogP contribution is 2.43. The minimum absolute atomic E-state index is 0.0230. The van der Waals surface area contributed by atoms with Crippen LogP contribution in [0.2, 0.25) is 0 Å². The standard InChI is InChI=1S/C16H23F3N2/c1-3-20-15(13-8-7-11(2)21-10-13)12-5-4-6-14(9-12)16(17,18)19/h7-8,10,12,14-15,20H,3-6,9H2,1-2H3. The van der Waals surface area contributed by atoms with Crippen LogP contribution >= 0.6 is 0 Å². The number of nitrogens with zero attached hydrogens (tertiary/aromatic N) is 1. The van der Waals surface area contributed by atoms with Gasteiger partial charge in [0.25, 0.3) is 0 Å². The average Bonchev–Trinajstić information content (AvgIpc) is 2.45. The van der Waals surface area contributed by atoms with Gasteiger partial charge in [0.05, 0.1) is 5.92 Å². The predicted molar refractivity (Wildman–Crippen MR) is 76.9 cm³/mol. The third-order valence-electron chi connectivity index (χ3n) is 4.37. The van der Waals surface area contributed by atoms with E-state index in [1.165, 1.54) is 0 Å². The van der Waals surface area contributed by atoms with E-state index in [0.29, 0.717) is 6.42 Å². The van der Waals surface area contributed by atoms with Gasteiger partial charge in [0.15, 0.2) is 0 Å². The lowest BCUT2D eigenvalue weighted by atomic mass is 9.76. The van der Waals surface area contributed by atoms with Crippen molar-refractivity contribution in [2.75, 3.05) is 6.54 Å². The summed E-state index contributed by atoms with van der Waals surface area (Å²) in [6.45, 7) is 4.64. The Morgan fingerprint density at radius 3 is 2.67 bits per heavy atom. The molecule has 1 aliphatic rings. The zero-order valence-electron chi connectivity index (χ0n) is 12.6. The Balaban J connectivity index is 2.15. The summed E-state index contributed by atoms with van der Waals surface area (Å²) in [6, 6.07) is 3.87. The first kappa shape index (κ1) is 16.3. The Morgan fingerprint density at radius 2 is 2.10 bits per heavy atom. The van der Waals surface area contributed by atoms with Crippen LogP contribution in [0.15, 0.2) is 18.3 Å². The van der Waals surface area contributed by atoms with Gasteiger partial charge in [0, 0.05) is 17.9 Å². The van der Waals surface area contributed by atoms with Crippen LogP contribution in [0.5, 0.6) is 0 Å². The minimum Gasteiger partial charge on any atom is -0.310 e. The molecule has 0 spiro atoms. The molecule has 1 fully saturated rings. The molecule has 118 valence electrons. The van der Waals surface area contributed by atoms with Gasteiger partial charge in [-0.25, -0.2) is 0 Å². The Labute approximate surface area is 124 Å². The number of pyridine rings is 1. The molecule has 1 aromatic rings. The topological polar surface area (TPSA) is 24.9 Å². The number of aromatic nitrogens is 1. The van der Waals surface area contributed by atoms with Crippen molar-refractivity contribution in [3.63, 3.8) is 0 Å². The zero-order valence-corrected chi connectivity index (χ0v) is 12.6. The second-order valence-corrected chi connectivity index (χ2v) is 5.93. The van der Waals surface area contributed by atoms with E-state index in [9.17, 15) is 13.2 Å². The minimum atomic E-state index is -4.07. The van der Waals surface area contributed by atoms with E-state index >= 15 is 0 Å². The van der Waals surface area contributed by atoms with E-state index in [1.54, 1.807) is 6.20 Å². The van der Waals surface area contributed by atoms with Crippen LogP contribution < -0.4 is 5.32 Å². The van der Waals surface area contributed by atoms with Crippen molar-refractivity contribution in [2.24, 2.45) is 11.8 Å². The summed E-state index contributed by atoms with van der Waals surface area (Å²) in [6.07, 6.45) is -0.297. The third kappa shape index (κ3) is 4.19. The largest absolute Gasteiger partial charge is 0.391 e. The lowest BCUT2D eigenvalue weighted by molar-refractivity contribution is -0.186. The lowest BCUT2D eigenvalue weighted by Gasteiger charge is -2.36. The van der Waals surface area contributed by atoms with Gasteiger partial charge >= 0.3 is 6.18 Å². The van der Waals surface area contributed by atoms with E-state index in [0.717, 1.165) is 24.2 Å². The van der Waals surface area contributed by atoms with Gasteiger partial charge in [0.1, 0.15) is 0 Å². The second kappa shape index (κ2) is 6.77. The number of nitrogens with one attached hydrogen (secondary N) is 1. The molecule has 1 aromatic heterocycles. The average molecular weight is 300 g/mol. The maximum absolute atomic E-state index is 13.0. The molecule has 3 atom stereocenters. The van der Waals surface area contributed by atoms with Crippen molar-refractivity contribution in [3.8, 4) is 0 Å². The van der Waals surface area contributed by atoms with Crippen molar-refractivity contribution >= 4 is 0 Å². The van der Waals surface area contributed by atoms with Crippen molar-refractivity contribution in [1.82, 2.24) is 10.3 Å². The molecule has 0 amide bonds. The summed E-state index contributed by atoms with van der Waals surface area (Å²) in [5, 5.41) is 3.35. The van der Waals surface area contributed by atoms with E-state index in [1.807, 2.05) is 26.0 Å². The number of hydrogen-bond acceptors (Lipinski definition) is 2. The molecule has 1 saturated carbocycles. The van der Waals surface area contributed by atoms with Crippen LogP contribution in [-0.4, -0.2) is 17.7 Å². The summed E-state index contributed by atoms with van der Waals surface area (Å²) >= 11 is 0. The fourth-order valence-electron chi connectivity index (χ4n) is 3.27. The van der Waals surface area contributed by atoms with E-state index in [4.69, 9.17) is 0 Å². The molecule has 0 saturated heterocycles. The van der Waals surface area contributed by atoms with Gasteiger partial charge in [-0.05, 0) is 50.3 Å². The normalized spacial score (nSPS) is 24.8.